The SMILES string of the molecule is CCN1CCC(Oc2ncnc3c2c(C)c(C)n3Cc2ccccc2)CC1. The van der Waals surface area contributed by atoms with Gasteiger partial charge in [-0.3, -0.25) is 0 Å². The maximum absolute atomic E-state index is 6.37. The molecule has 0 bridgehead atoms. The second-order valence-electron chi connectivity index (χ2n) is 7.41. The average molecular weight is 364 g/mol. The zero-order valence-corrected chi connectivity index (χ0v) is 16.5. The number of piperidine rings is 1. The normalized spacial score (nSPS) is 16.1. The van der Waals surface area contributed by atoms with Gasteiger partial charge in [0.1, 0.15) is 18.1 Å². The molecule has 1 aliphatic heterocycles. The number of ether oxygens (including phenoxy) is 1. The highest BCUT2D eigenvalue weighted by atomic mass is 16.5. The number of rotatable bonds is 5. The molecule has 142 valence electrons. The summed E-state index contributed by atoms with van der Waals surface area (Å²) in [5, 5.41) is 1.06. The van der Waals surface area contributed by atoms with Crippen LogP contribution in [-0.4, -0.2) is 45.2 Å². The summed E-state index contributed by atoms with van der Waals surface area (Å²) < 4.78 is 8.64. The zero-order valence-electron chi connectivity index (χ0n) is 16.5. The third-order valence-corrected chi connectivity index (χ3v) is 5.81. The molecule has 3 heterocycles. The van der Waals surface area contributed by atoms with E-state index in [1.165, 1.54) is 16.8 Å². The van der Waals surface area contributed by atoms with E-state index in [0.29, 0.717) is 0 Å². The van der Waals surface area contributed by atoms with Crippen LogP contribution in [0.2, 0.25) is 0 Å². The van der Waals surface area contributed by atoms with Crippen molar-refractivity contribution in [2.75, 3.05) is 19.6 Å². The van der Waals surface area contributed by atoms with Crippen LogP contribution < -0.4 is 4.74 Å². The molecule has 0 amide bonds. The van der Waals surface area contributed by atoms with Crippen LogP contribution in [0.15, 0.2) is 36.7 Å². The molecule has 0 radical (unpaired) electrons. The maximum Gasteiger partial charge on any atom is 0.226 e. The Bertz CT molecular complexity index is 911. The number of hydrogen-bond acceptors (Lipinski definition) is 4. The minimum atomic E-state index is 0.239. The van der Waals surface area contributed by atoms with Crippen molar-refractivity contribution >= 4 is 11.0 Å². The number of benzene rings is 1. The van der Waals surface area contributed by atoms with Crippen LogP contribution in [0.3, 0.4) is 0 Å². The highest BCUT2D eigenvalue weighted by molar-refractivity contribution is 5.86. The fraction of sp³-hybridized carbons (Fsp3) is 0.455. The van der Waals surface area contributed by atoms with E-state index >= 15 is 0 Å². The van der Waals surface area contributed by atoms with Gasteiger partial charge in [-0.2, -0.15) is 0 Å². The van der Waals surface area contributed by atoms with E-state index in [1.807, 2.05) is 6.07 Å². The molecule has 0 unspecified atom stereocenters. The average Bonchev–Trinajstić information content (AvgIpc) is 2.95. The van der Waals surface area contributed by atoms with E-state index in [9.17, 15) is 0 Å². The number of likely N-dealkylation sites (tertiary alicyclic amines) is 1. The van der Waals surface area contributed by atoms with Gasteiger partial charge in [-0.15, -0.1) is 0 Å². The van der Waals surface area contributed by atoms with Crippen LogP contribution in [0.4, 0.5) is 0 Å². The monoisotopic (exact) mass is 364 g/mol. The summed E-state index contributed by atoms with van der Waals surface area (Å²) in [7, 11) is 0. The molecule has 27 heavy (non-hydrogen) atoms. The Morgan fingerprint density at radius 2 is 1.81 bits per heavy atom. The largest absolute Gasteiger partial charge is 0.474 e. The Labute approximate surface area is 161 Å². The second kappa shape index (κ2) is 7.69. The summed E-state index contributed by atoms with van der Waals surface area (Å²) in [6.07, 6.45) is 3.99. The van der Waals surface area contributed by atoms with E-state index in [1.54, 1.807) is 6.33 Å². The molecule has 1 saturated heterocycles. The van der Waals surface area contributed by atoms with Gasteiger partial charge in [0.25, 0.3) is 0 Å². The molecule has 1 aromatic carbocycles. The fourth-order valence-corrected chi connectivity index (χ4v) is 3.99. The molecule has 2 aromatic heterocycles. The molecule has 5 heteroatoms. The lowest BCUT2D eigenvalue weighted by Crippen LogP contribution is -2.38. The molecule has 5 nitrogen and oxygen atoms in total. The summed E-state index contributed by atoms with van der Waals surface area (Å²) in [6.45, 7) is 10.6. The first-order chi connectivity index (χ1) is 13.2. The molecule has 4 rings (SSSR count). The summed E-state index contributed by atoms with van der Waals surface area (Å²) in [6, 6.07) is 10.5. The van der Waals surface area contributed by atoms with E-state index in [2.05, 4.69) is 64.5 Å². The van der Waals surface area contributed by atoms with Crippen molar-refractivity contribution in [3.63, 3.8) is 0 Å². The van der Waals surface area contributed by atoms with E-state index in [0.717, 1.165) is 55.9 Å². The minimum absolute atomic E-state index is 0.239. The predicted octanol–water partition coefficient (Wildman–Crippen LogP) is 3.96. The summed E-state index contributed by atoms with van der Waals surface area (Å²) in [5.41, 5.74) is 4.66. The molecule has 0 spiro atoms. The van der Waals surface area contributed by atoms with Crippen molar-refractivity contribution in [1.82, 2.24) is 19.4 Å². The van der Waals surface area contributed by atoms with Crippen LogP contribution >= 0.6 is 0 Å². The zero-order chi connectivity index (χ0) is 18.8. The maximum atomic E-state index is 6.37. The van der Waals surface area contributed by atoms with Crippen molar-refractivity contribution in [2.24, 2.45) is 0 Å². The Morgan fingerprint density at radius 3 is 2.52 bits per heavy atom. The molecule has 0 aliphatic carbocycles. The predicted molar refractivity (Wildman–Crippen MR) is 108 cm³/mol. The molecular weight excluding hydrogens is 336 g/mol. The van der Waals surface area contributed by atoms with Crippen molar-refractivity contribution in [3.8, 4) is 5.88 Å². The van der Waals surface area contributed by atoms with Gasteiger partial charge in [0.05, 0.1) is 5.39 Å². The molecule has 0 N–H and O–H groups in total. The number of aromatic nitrogens is 3. The lowest BCUT2D eigenvalue weighted by Gasteiger charge is -2.31. The Kier molecular flexibility index (Phi) is 5.12. The van der Waals surface area contributed by atoms with Crippen LogP contribution in [0.5, 0.6) is 5.88 Å². The molecule has 1 fully saturated rings. The van der Waals surface area contributed by atoms with E-state index in [-0.39, 0.29) is 6.10 Å². The third-order valence-electron chi connectivity index (χ3n) is 5.81. The van der Waals surface area contributed by atoms with Crippen molar-refractivity contribution in [3.05, 3.63) is 53.5 Å². The molecule has 1 aliphatic rings. The van der Waals surface area contributed by atoms with Gasteiger partial charge in [-0.25, -0.2) is 9.97 Å². The number of aryl methyl sites for hydroxylation is 1. The van der Waals surface area contributed by atoms with Gasteiger partial charge in [0, 0.05) is 25.3 Å². The molecular formula is C22H28N4O. The van der Waals surface area contributed by atoms with Crippen LogP contribution in [0.25, 0.3) is 11.0 Å². The first-order valence-corrected chi connectivity index (χ1v) is 9.90. The van der Waals surface area contributed by atoms with Gasteiger partial charge in [0.15, 0.2) is 0 Å². The quantitative estimate of drug-likeness (QED) is 0.687. The van der Waals surface area contributed by atoms with Gasteiger partial charge in [-0.1, -0.05) is 37.3 Å². The highest BCUT2D eigenvalue weighted by Gasteiger charge is 2.23. The Morgan fingerprint density at radius 1 is 1.07 bits per heavy atom. The van der Waals surface area contributed by atoms with Crippen molar-refractivity contribution in [1.29, 1.82) is 0 Å². The number of hydrogen-bond donors (Lipinski definition) is 0. The number of nitrogens with zero attached hydrogens (tertiary/aromatic N) is 4. The van der Waals surface area contributed by atoms with Gasteiger partial charge >= 0.3 is 0 Å². The number of fused-ring (bicyclic) bond motifs is 1. The summed E-state index contributed by atoms with van der Waals surface area (Å²) in [4.78, 5) is 11.6. The summed E-state index contributed by atoms with van der Waals surface area (Å²) in [5.74, 6) is 0.738. The topological polar surface area (TPSA) is 43.2 Å². The smallest absolute Gasteiger partial charge is 0.226 e. The fourth-order valence-electron chi connectivity index (χ4n) is 3.99. The molecule has 3 aromatic rings. The first kappa shape index (κ1) is 18.0. The van der Waals surface area contributed by atoms with Crippen molar-refractivity contribution < 1.29 is 4.74 Å². The van der Waals surface area contributed by atoms with Crippen molar-refractivity contribution in [2.45, 2.75) is 46.3 Å². The standard InChI is InChI=1S/C22H28N4O/c1-4-25-12-10-19(11-13-25)27-22-20-16(2)17(3)26(21(20)23-15-24-22)14-18-8-6-5-7-9-18/h5-9,15,19H,4,10-14H2,1-3H3. The van der Waals surface area contributed by atoms with Gasteiger partial charge in [-0.05, 0) is 44.4 Å². The van der Waals surface area contributed by atoms with Crippen LogP contribution in [0.1, 0.15) is 36.6 Å². The van der Waals surface area contributed by atoms with Gasteiger partial charge < -0.3 is 14.2 Å². The lowest BCUT2D eigenvalue weighted by molar-refractivity contribution is 0.101. The first-order valence-electron chi connectivity index (χ1n) is 9.90. The highest BCUT2D eigenvalue weighted by Crippen LogP contribution is 2.32. The minimum Gasteiger partial charge on any atom is -0.474 e. The van der Waals surface area contributed by atoms with E-state index in [4.69, 9.17) is 4.74 Å². The Hall–Kier alpha value is -2.40. The van der Waals surface area contributed by atoms with Crippen LogP contribution in [0, 0.1) is 13.8 Å². The van der Waals surface area contributed by atoms with Gasteiger partial charge in [0.2, 0.25) is 5.88 Å². The molecule has 0 saturated carbocycles. The third kappa shape index (κ3) is 3.56. The summed E-state index contributed by atoms with van der Waals surface area (Å²) >= 11 is 0. The Balaban J connectivity index is 1.64. The second-order valence-corrected chi connectivity index (χ2v) is 7.41. The van der Waals surface area contributed by atoms with Crippen LogP contribution in [-0.2, 0) is 6.54 Å². The lowest BCUT2D eigenvalue weighted by atomic mass is 10.1. The van der Waals surface area contributed by atoms with E-state index < -0.39 is 0 Å². The molecule has 0 atom stereocenters.